The highest BCUT2D eigenvalue weighted by Gasteiger charge is 2.51. The van der Waals surface area contributed by atoms with Crippen molar-refractivity contribution in [2.24, 2.45) is 0 Å². The van der Waals surface area contributed by atoms with Gasteiger partial charge in [0.15, 0.2) is 0 Å². The van der Waals surface area contributed by atoms with Gasteiger partial charge in [0.25, 0.3) is 0 Å². The summed E-state index contributed by atoms with van der Waals surface area (Å²) in [5, 5.41) is 0. The van der Waals surface area contributed by atoms with Crippen LogP contribution < -0.4 is 20.6 Å². The molecule has 2 nitrogen and oxygen atoms in total. The van der Waals surface area contributed by atoms with Crippen LogP contribution in [-0.4, -0.2) is 6.85 Å². The van der Waals surface area contributed by atoms with Crippen molar-refractivity contribution in [1.29, 1.82) is 0 Å². The minimum atomic E-state index is -0.161. The van der Waals surface area contributed by atoms with Crippen LogP contribution in [0.1, 0.15) is 135 Å². The molecule has 0 saturated heterocycles. The number of anilines is 5. The van der Waals surface area contributed by atoms with Gasteiger partial charge in [0.05, 0.1) is 5.69 Å². The van der Waals surface area contributed by atoms with E-state index in [0.29, 0.717) is 0 Å². The molecule has 7 aromatic rings. The van der Waals surface area contributed by atoms with Crippen LogP contribution >= 0.6 is 0 Å². The van der Waals surface area contributed by atoms with Gasteiger partial charge in [-0.1, -0.05) is 168 Å². The van der Waals surface area contributed by atoms with Gasteiger partial charge < -0.3 is 9.71 Å². The highest BCUT2D eigenvalue weighted by atomic mass is 15.2. The highest BCUT2D eigenvalue weighted by molar-refractivity contribution is 6.94. The maximum atomic E-state index is 2.77. The summed E-state index contributed by atoms with van der Waals surface area (Å²) in [7, 11) is 0. The summed E-state index contributed by atoms with van der Waals surface area (Å²) >= 11 is 0. The van der Waals surface area contributed by atoms with E-state index in [9.17, 15) is 0 Å². The first kappa shape index (κ1) is 41.9. The molecule has 2 heterocycles. The van der Waals surface area contributed by atoms with E-state index in [1.54, 1.807) is 0 Å². The van der Waals surface area contributed by atoms with Crippen LogP contribution in [0.2, 0.25) is 0 Å². The van der Waals surface area contributed by atoms with Crippen LogP contribution in [0, 0.1) is 6.92 Å². The van der Waals surface area contributed by atoms with Crippen molar-refractivity contribution < 1.29 is 0 Å². The standard InChI is InChI=1S/C62H65BN2/c1-38-33-46-45-36-49-50(61(10,11)32-31-60(49,8)9)37-53(45)65(42-26-23-40(24-27-42)58(2,3)4)63-56(46)54(34-38)64(51-29-25-41(59(5,6)7)35-44(51)39-19-15-14-16-20-39)52-30-28-48-55(57(52)63)43-21-17-18-22-47(43)62(48,12)13/h14-30,33-37H,31-32H2,1-13H3. The lowest BCUT2D eigenvalue weighted by atomic mass is 9.42. The second-order valence-corrected chi connectivity index (χ2v) is 23.8. The van der Waals surface area contributed by atoms with Gasteiger partial charge in [0.1, 0.15) is 0 Å². The molecule has 0 amide bonds. The quantitative estimate of drug-likeness (QED) is 0.163. The van der Waals surface area contributed by atoms with E-state index in [-0.39, 0.29) is 33.9 Å². The van der Waals surface area contributed by atoms with Gasteiger partial charge in [-0.05, 0) is 162 Å². The second kappa shape index (κ2) is 13.9. The van der Waals surface area contributed by atoms with E-state index in [1.807, 2.05) is 0 Å². The molecule has 0 spiro atoms. The first-order valence-corrected chi connectivity index (χ1v) is 24.2. The lowest BCUT2D eigenvalue weighted by molar-refractivity contribution is 0.332. The maximum absolute atomic E-state index is 2.77. The summed E-state index contributed by atoms with van der Waals surface area (Å²) in [6.07, 6.45) is 2.35. The Bertz CT molecular complexity index is 3100. The van der Waals surface area contributed by atoms with Crippen molar-refractivity contribution in [3.05, 3.63) is 172 Å². The number of benzene rings is 7. The molecule has 2 aliphatic carbocycles. The van der Waals surface area contributed by atoms with Gasteiger partial charge in [-0.15, -0.1) is 0 Å². The molecule has 2 aliphatic heterocycles. The van der Waals surface area contributed by atoms with Gasteiger partial charge in [0, 0.05) is 39.3 Å². The Morgan fingerprint density at radius 2 is 1.08 bits per heavy atom. The Hall–Kier alpha value is -5.80. The number of rotatable bonds is 3. The summed E-state index contributed by atoms with van der Waals surface area (Å²) in [6.45, 7) is 30.9. The summed E-state index contributed by atoms with van der Waals surface area (Å²) in [5.74, 6) is 0. The smallest absolute Gasteiger partial charge is 0.333 e. The molecule has 0 saturated carbocycles. The molecule has 0 N–H and O–H groups in total. The summed E-state index contributed by atoms with van der Waals surface area (Å²) in [4.78, 5) is 5.43. The normalized spacial score (nSPS) is 17.2. The Balaban J connectivity index is 1.31. The first-order chi connectivity index (χ1) is 30.7. The zero-order chi connectivity index (χ0) is 45.7. The van der Waals surface area contributed by atoms with Gasteiger partial charge in [-0.2, -0.15) is 0 Å². The fourth-order valence-electron chi connectivity index (χ4n) is 12.2. The van der Waals surface area contributed by atoms with E-state index < -0.39 is 0 Å². The number of fused-ring (bicyclic) bond motifs is 9. The molecule has 3 heteroatoms. The van der Waals surface area contributed by atoms with Crippen molar-refractivity contribution >= 4 is 46.2 Å². The van der Waals surface area contributed by atoms with Gasteiger partial charge >= 0.3 is 6.85 Å². The number of hydrogen-bond donors (Lipinski definition) is 0. The lowest BCUT2D eigenvalue weighted by Gasteiger charge is -2.49. The van der Waals surface area contributed by atoms with Gasteiger partial charge in [0.2, 0.25) is 0 Å². The summed E-state index contributed by atoms with van der Waals surface area (Å²) in [6, 6.07) is 52.5. The fraction of sp³-hybridized carbons (Fsp3) is 0.323. The highest BCUT2D eigenvalue weighted by Crippen LogP contribution is 2.56. The molecule has 326 valence electrons. The topological polar surface area (TPSA) is 6.48 Å². The fourth-order valence-corrected chi connectivity index (χ4v) is 12.2. The van der Waals surface area contributed by atoms with E-state index in [1.165, 1.54) is 125 Å². The third-order valence-corrected chi connectivity index (χ3v) is 16.1. The molecule has 0 unspecified atom stereocenters. The second-order valence-electron chi connectivity index (χ2n) is 23.8. The molecule has 0 bridgehead atoms. The number of hydrogen-bond acceptors (Lipinski definition) is 2. The van der Waals surface area contributed by atoms with Crippen molar-refractivity contribution in [2.75, 3.05) is 9.71 Å². The molecule has 11 rings (SSSR count). The average molecular weight is 849 g/mol. The largest absolute Gasteiger partial charge is 0.376 e. The van der Waals surface area contributed by atoms with E-state index >= 15 is 0 Å². The third-order valence-electron chi connectivity index (χ3n) is 16.1. The van der Waals surface area contributed by atoms with Crippen molar-refractivity contribution in [2.45, 2.75) is 130 Å². The molecule has 65 heavy (non-hydrogen) atoms. The Morgan fingerprint density at radius 3 is 1.75 bits per heavy atom. The molecular formula is C62H65BN2. The minimum Gasteiger partial charge on any atom is -0.376 e. The Morgan fingerprint density at radius 1 is 0.462 bits per heavy atom. The molecule has 0 radical (unpaired) electrons. The van der Waals surface area contributed by atoms with Crippen molar-refractivity contribution in [1.82, 2.24) is 0 Å². The minimum absolute atomic E-state index is 0.0141. The van der Waals surface area contributed by atoms with Crippen molar-refractivity contribution in [3.8, 4) is 33.4 Å². The van der Waals surface area contributed by atoms with Crippen LogP contribution in [0.3, 0.4) is 0 Å². The van der Waals surface area contributed by atoms with Gasteiger partial charge in [-0.3, -0.25) is 0 Å². The van der Waals surface area contributed by atoms with Crippen LogP contribution in [0.25, 0.3) is 33.4 Å². The zero-order valence-corrected chi connectivity index (χ0v) is 41.1. The number of nitrogens with zero attached hydrogens (tertiary/aromatic N) is 2. The molecule has 0 fully saturated rings. The SMILES string of the molecule is Cc1cc2c3c(c1)N(c1ccc(C(C)(C)C)cc1-c1ccccc1)c1ccc4c(c1B3N(c1ccc(C(C)(C)C)cc1)c1cc3c(cc1-2)C(C)(C)CCC3(C)C)-c1ccccc1C4(C)C. The molecule has 4 aliphatic rings. The Kier molecular flexibility index (Phi) is 8.93. The predicted molar refractivity (Wildman–Crippen MR) is 281 cm³/mol. The average Bonchev–Trinajstić information content (AvgIpc) is 3.50. The van der Waals surface area contributed by atoms with Crippen LogP contribution in [-0.2, 0) is 27.1 Å². The van der Waals surface area contributed by atoms with Crippen LogP contribution in [0.15, 0.2) is 133 Å². The van der Waals surface area contributed by atoms with E-state index in [4.69, 9.17) is 0 Å². The molecule has 0 atom stereocenters. The van der Waals surface area contributed by atoms with Gasteiger partial charge in [-0.25, -0.2) is 0 Å². The van der Waals surface area contributed by atoms with Crippen LogP contribution in [0.4, 0.5) is 28.4 Å². The van der Waals surface area contributed by atoms with E-state index in [0.717, 1.165) is 0 Å². The van der Waals surface area contributed by atoms with Crippen molar-refractivity contribution in [3.63, 3.8) is 0 Å². The maximum Gasteiger partial charge on any atom is 0.333 e. The summed E-state index contributed by atoms with van der Waals surface area (Å²) in [5.41, 5.74) is 26.7. The molecule has 0 aromatic heterocycles. The lowest BCUT2D eigenvalue weighted by Crippen LogP contribution is -2.62. The molecule has 7 aromatic carbocycles. The zero-order valence-electron chi connectivity index (χ0n) is 41.1. The van der Waals surface area contributed by atoms with Crippen LogP contribution in [0.5, 0.6) is 0 Å². The summed E-state index contributed by atoms with van der Waals surface area (Å²) < 4.78 is 0. The number of aryl methyl sites for hydroxylation is 1. The Labute approximate surface area is 389 Å². The first-order valence-electron chi connectivity index (χ1n) is 24.2. The third kappa shape index (κ3) is 6.20. The predicted octanol–water partition coefficient (Wildman–Crippen LogP) is 15.6. The monoisotopic (exact) mass is 849 g/mol. The van der Waals surface area contributed by atoms with E-state index in [2.05, 4.69) is 233 Å². The molecular weight excluding hydrogens is 784 g/mol.